The van der Waals surface area contributed by atoms with Gasteiger partial charge in [0.25, 0.3) is 5.24 Å². The second kappa shape index (κ2) is 7.68. The van der Waals surface area contributed by atoms with Crippen LogP contribution in [0, 0.1) is 0 Å². The molecule has 0 saturated heterocycles. The molecule has 19 heavy (non-hydrogen) atoms. The summed E-state index contributed by atoms with van der Waals surface area (Å²) in [6, 6.07) is 7.07. The summed E-state index contributed by atoms with van der Waals surface area (Å²) in [6.45, 7) is 4.33. The van der Waals surface area contributed by atoms with Gasteiger partial charge in [0.15, 0.2) is 0 Å². The van der Waals surface area contributed by atoms with E-state index in [0.29, 0.717) is 18.7 Å². The zero-order valence-electron chi connectivity index (χ0n) is 11.0. The molecule has 0 bridgehead atoms. The van der Waals surface area contributed by atoms with Crippen molar-refractivity contribution >= 4 is 28.6 Å². The van der Waals surface area contributed by atoms with E-state index in [1.807, 2.05) is 13.8 Å². The van der Waals surface area contributed by atoms with E-state index in [2.05, 4.69) is 5.32 Å². The van der Waals surface area contributed by atoms with Crippen LogP contribution in [-0.2, 0) is 4.79 Å². The molecule has 0 aliphatic rings. The van der Waals surface area contributed by atoms with Gasteiger partial charge in [0.2, 0.25) is 5.91 Å². The summed E-state index contributed by atoms with van der Waals surface area (Å²) in [5.41, 5.74) is 5.74. The highest BCUT2D eigenvalue weighted by atomic mass is 32.2. The minimum absolute atomic E-state index is 0.226. The van der Waals surface area contributed by atoms with Crippen molar-refractivity contribution in [1.82, 2.24) is 0 Å². The summed E-state index contributed by atoms with van der Waals surface area (Å²) in [7, 11) is 0. The maximum absolute atomic E-state index is 11.9. The maximum Gasteiger partial charge on any atom is 0.277 e. The smallest absolute Gasteiger partial charge is 0.277 e. The first-order chi connectivity index (χ1) is 9.06. The standard InChI is InChI=1S/C13H18N2O3S/c1-3-11(19-13(14)17)12(16)15-9-5-7-10(8-6-9)18-4-2/h5-8,11H,3-4H2,1-2H3,(H2,14,17)(H,15,16). The predicted molar refractivity (Wildman–Crippen MR) is 77.5 cm³/mol. The van der Waals surface area contributed by atoms with Crippen molar-refractivity contribution in [3.8, 4) is 5.75 Å². The number of carbonyl (C=O) groups is 2. The number of anilines is 1. The Morgan fingerprint density at radius 1 is 1.32 bits per heavy atom. The molecule has 6 heteroatoms. The van der Waals surface area contributed by atoms with Gasteiger partial charge in [-0.1, -0.05) is 18.7 Å². The summed E-state index contributed by atoms with van der Waals surface area (Å²) >= 11 is 0.840. The van der Waals surface area contributed by atoms with Gasteiger partial charge in [-0.3, -0.25) is 9.59 Å². The maximum atomic E-state index is 11.9. The number of hydrogen-bond donors (Lipinski definition) is 2. The van der Waals surface area contributed by atoms with E-state index in [0.717, 1.165) is 17.5 Å². The largest absolute Gasteiger partial charge is 0.494 e. The lowest BCUT2D eigenvalue weighted by Crippen LogP contribution is -2.27. The highest BCUT2D eigenvalue weighted by molar-refractivity contribution is 8.14. The second-order valence-corrected chi connectivity index (χ2v) is 4.99. The highest BCUT2D eigenvalue weighted by Gasteiger charge is 2.19. The van der Waals surface area contributed by atoms with Gasteiger partial charge in [0.1, 0.15) is 5.75 Å². The molecule has 0 aromatic heterocycles. The molecule has 1 rings (SSSR count). The van der Waals surface area contributed by atoms with E-state index in [9.17, 15) is 9.59 Å². The first-order valence-corrected chi connectivity index (χ1v) is 6.94. The third kappa shape index (κ3) is 5.21. The van der Waals surface area contributed by atoms with Crippen molar-refractivity contribution in [1.29, 1.82) is 0 Å². The monoisotopic (exact) mass is 282 g/mol. The number of benzene rings is 1. The molecule has 5 nitrogen and oxygen atoms in total. The van der Waals surface area contributed by atoms with Gasteiger partial charge in [-0.15, -0.1) is 0 Å². The van der Waals surface area contributed by atoms with Gasteiger partial charge in [0, 0.05) is 5.69 Å². The average molecular weight is 282 g/mol. The third-order valence-corrected chi connectivity index (χ3v) is 3.42. The molecule has 0 aliphatic heterocycles. The number of rotatable bonds is 6. The molecule has 0 saturated carbocycles. The Morgan fingerprint density at radius 3 is 2.42 bits per heavy atom. The Bertz CT molecular complexity index is 434. The summed E-state index contributed by atoms with van der Waals surface area (Å²) in [6.07, 6.45) is 0.538. The van der Waals surface area contributed by atoms with Crippen LogP contribution in [0.4, 0.5) is 10.5 Å². The molecule has 1 atom stereocenters. The van der Waals surface area contributed by atoms with Gasteiger partial charge in [-0.05, 0) is 37.6 Å². The van der Waals surface area contributed by atoms with Crippen LogP contribution in [0.25, 0.3) is 0 Å². The van der Waals surface area contributed by atoms with Crippen molar-refractivity contribution in [2.45, 2.75) is 25.5 Å². The van der Waals surface area contributed by atoms with Crippen LogP contribution in [0.15, 0.2) is 24.3 Å². The molecule has 0 fully saturated rings. The molecule has 0 radical (unpaired) electrons. The van der Waals surface area contributed by atoms with E-state index in [1.54, 1.807) is 24.3 Å². The van der Waals surface area contributed by atoms with Crippen LogP contribution in [0.3, 0.4) is 0 Å². The van der Waals surface area contributed by atoms with E-state index in [1.165, 1.54) is 0 Å². The number of carbonyl (C=O) groups excluding carboxylic acids is 2. The molecule has 0 aliphatic carbocycles. The normalized spacial score (nSPS) is 11.7. The van der Waals surface area contributed by atoms with Gasteiger partial charge < -0.3 is 15.8 Å². The van der Waals surface area contributed by atoms with Crippen LogP contribution in [-0.4, -0.2) is 23.0 Å². The van der Waals surface area contributed by atoms with Crippen molar-refractivity contribution < 1.29 is 14.3 Å². The zero-order chi connectivity index (χ0) is 14.3. The third-order valence-electron chi connectivity index (χ3n) is 2.35. The Hall–Kier alpha value is -1.69. The quantitative estimate of drug-likeness (QED) is 0.840. The van der Waals surface area contributed by atoms with E-state index < -0.39 is 10.5 Å². The molecule has 1 aromatic rings. The summed E-state index contributed by atoms with van der Waals surface area (Å²) in [4.78, 5) is 22.7. The molecule has 104 valence electrons. The molecule has 1 unspecified atom stereocenters. The lowest BCUT2D eigenvalue weighted by Gasteiger charge is -2.13. The van der Waals surface area contributed by atoms with E-state index in [-0.39, 0.29) is 5.91 Å². The topological polar surface area (TPSA) is 81.4 Å². The Labute approximate surface area is 116 Å². The molecular formula is C13H18N2O3S. The second-order valence-electron chi connectivity index (χ2n) is 3.78. The van der Waals surface area contributed by atoms with Gasteiger partial charge in [0.05, 0.1) is 11.9 Å². The zero-order valence-corrected chi connectivity index (χ0v) is 11.8. The minimum atomic E-state index is -0.548. The number of thioether (sulfide) groups is 1. The summed E-state index contributed by atoms with van der Waals surface area (Å²) in [5.74, 6) is 0.523. The molecule has 0 spiro atoms. The Kier molecular flexibility index (Phi) is 6.21. The average Bonchev–Trinajstić information content (AvgIpc) is 2.38. The van der Waals surface area contributed by atoms with Crippen molar-refractivity contribution in [2.75, 3.05) is 11.9 Å². The SMILES string of the molecule is CCOc1ccc(NC(=O)C(CC)SC(N)=O)cc1. The molecule has 0 heterocycles. The molecule has 1 aromatic carbocycles. The number of hydrogen-bond acceptors (Lipinski definition) is 4. The van der Waals surface area contributed by atoms with Crippen molar-refractivity contribution in [3.63, 3.8) is 0 Å². The highest BCUT2D eigenvalue weighted by Crippen LogP contribution is 2.19. The van der Waals surface area contributed by atoms with Crippen molar-refractivity contribution in [3.05, 3.63) is 24.3 Å². The molecule has 3 N–H and O–H groups in total. The fourth-order valence-electron chi connectivity index (χ4n) is 1.49. The van der Waals surface area contributed by atoms with Gasteiger partial charge >= 0.3 is 0 Å². The van der Waals surface area contributed by atoms with Crippen LogP contribution in [0.2, 0.25) is 0 Å². The van der Waals surface area contributed by atoms with E-state index >= 15 is 0 Å². The first-order valence-electron chi connectivity index (χ1n) is 6.06. The Balaban J connectivity index is 2.62. The number of ether oxygens (including phenoxy) is 1. The fraction of sp³-hybridized carbons (Fsp3) is 0.385. The lowest BCUT2D eigenvalue weighted by atomic mass is 10.2. The lowest BCUT2D eigenvalue weighted by molar-refractivity contribution is -0.115. The Morgan fingerprint density at radius 2 is 1.95 bits per heavy atom. The minimum Gasteiger partial charge on any atom is -0.494 e. The summed E-state index contributed by atoms with van der Waals surface area (Å²) < 4.78 is 5.31. The molecular weight excluding hydrogens is 264 g/mol. The number of nitrogens with one attached hydrogen (secondary N) is 1. The first kappa shape index (κ1) is 15.4. The van der Waals surface area contributed by atoms with Gasteiger partial charge in [-0.25, -0.2) is 0 Å². The number of amides is 2. The predicted octanol–water partition coefficient (Wildman–Crippen LogP) is 2.61. The molecule has 2 amide bonds. The number of primary amides is 1. The fourth-order valence-corrected chi connectivity index (χ4v) is 2.10. The van der Waals surface area contributed by atoms with Crippen LogP contribution >= 0.6 is 11.8 Å². The van der Waals surface area contributed by atoms with Crippen LogP contribution in [0.1, 0.15) is 20.3 Å². The van der Waals surface area contributed by atoms with Crippen LogP contribution in [0.5, 0.6) is 5.75 Å². The van der Waals surface area contributed by atoms with Crippen LogP contribution < -0.4 is 15.8 Å². The summed E-state index contributed by atoms with van der Waals surface area (Å²) in [5, 5.41) is 1.73. The van der Waals surface area contributed by atoms with E-state index in [4.69, 9.17) is 10.5 Å². The van der Waals surface area contributed by atoms with Crippen molar-refractivity contribution in [2.24, 2.45) is 5.73 Å². The van der Waals surface area contributed by atoms with Gasteiger partial charge in [-0.2, -0.15) is 0 Å². The number of nitrogens with two attached hydrogens (primary N) is 1.